The highest BCUT2D eigenvalue weighted by Crippen LogP contribution is 2.21. The molecule has 0 aliphatic carbocycles. The van der Waals surface area contributed by atoms with Crippen LogP contribution in [0.4, 0.5) is 21.8 Å². The van der Waals surface area contributed by atoms with Crippen molar-refractivity contribution in [2.45, 2.75) is 13.3 Å². The second-order valence-corrected chi connectivity index (χ2v) is 7.13. The molecule has 5 rings (SSSR count). The van der Waals surface area contributed by atoms with E-state index in [1.807, 2.05) is 37.4 Å². The maximum Gasteiger partial charge on any atom is 0.224 e. The summed E-state index contributed by atoms with van der Waals surface area (Å²) in [6.07, 6.45) is 4.34. The Balaban J connectivity index is 1.25. The van der Waals surface area contributed by atoms with Crippen molar-refractivity contribution in [2.24, 2.45) is 0 Å². The second kappa shape index (κ2) is 7.47. The maximum atomic E-state index is 13.5. The molecule has 0 fully saturated rings. The van der Waals surface area contributed by atoms with Crippen LogP contribution in [-0.2, 0) is 6.42 Å². The van der Waals surface area contributed by atoms with Crippen molar-refractivity contribution >= 4 is 39.4 Å². The number of nitrogens with zero attached hydrogens (tertiary/aromatic N) is 3. The Labute approximate surface area is 171 Å². The number of aromatic nitrogens is 5. The summed E-state index contributed by atoms with van der Waals surface area (Å²) >= 11 is 0. The van der Waals surface area contributed by atoms with Crippen molar-refractivity contribution in [1.82, 2.24) is 24.9 Å². The first kappa shape index (κ1) is 18.1. The van der Waals surface area contributed by atoms with Crippen molar-refractivity contribution in [3.63, 3.8) is 0 Å². The number of benzene rings is 2. The Hall–Kier alpha value is -3.94. The number of anilines is 3. The van der Waals surface area contributed by atoms with Crippen molar-refractivity contribution in [3.8, 4) is 0 Å². The van der Waals surface area contributed by atoms with E-state index in [-0.39, 0.29) is 5.82 Å². The lowest BCUT2D eigenvalue weighted by molar-refractivity contribution is 0.629. The summed E-state index contributed by atoms with van der Waals surface area (Å²) in [5.41, 5.74) is 4.80. The molecule has 7 nitrogen and oxygen atoms in total. The topological polar surface area (TPSA) is 94.3 Å². The molecule has 5 aromatic rings. The number of hydrogen-bond acceptors (Lipinski definition) is 5. The summed E-state index contributed by atoms with van der Waals surface area (Å²) in [4.78, 5) is 19.6. The van der Waals surface area contributed by atoms with Crippen molar-refractivity contribution in [1.29, 1.82) is 0 Å². The minimum Gasteiger partial charge on any atom is -0.361 e. The van der Waals surface area contributed by atoms with Crippen LogP contribution in [0.2, 0.25) is 0 Å². The van der Waals surface area contributed by atoms with E-state index in [0.29, 0.717) is 18.3 Å². The molecule has 3 heterocycles. The monoisotopic (exact) mass is 401 g/mol. The zero-order chi connectivity index (χ0) is 20.5. The van der Waals surface area contributed by atoms with Crippen LogP contribution in [0, 0.1) is 12.7 Å². The average Bonchev–Trinajstić information content (AvgIpc) is 3.30. The molecule has 0 atom stereocenters. The molecule has 8 heteroatoms. The van der Waals surface area contributed by atoms with Gasteiger partial charge < -0.3 is 20.6 Å². The third-order valence-corrected chi connectivity index (χ3v) is 4.94. The zero-order valence-corrected chi connectivity index (χ0v) is 16.3. The molecule has 0 bridgehead atoms. The van der Waals surface area contributed by atoms with Gasteiger partial charge in [0.2, 0.25) is 5.95 Å². The van der Waals surface area contributed by atoms with Crippen LogP contribution in [0.5, 0.6) is 0 Å². The summed E-state index contributed by atoms with van der Waals surface area (Å²) in [5, 5.41) is 7.43. The van der Waals surface area contributed by atoms with Gasteiger partial charge in [0.05, 0.1) is 11.0 Å². The normalized spacial score (nSPS) is 11.3. The van der Waals surface area contributed by atoms with E-state index >= 15 is 0 Å². The van der Waals surface area contributed by atoms with Gasteiger partial charge >= 0.3 is 0 Å². The number of fused-ring (bicyclic) bond motifs is 2. The largest absolute Gasteiger partial charge is 0.361 e. The van der Waals surface area contributed by atoms with Crippen LogP contribution in [0.1, 0.15) is 11.4 Å². The van der Waals surface area contributed by atoms with Gasteiger partial charge in [-0.3, -0.25) is 0 Å². The van der Waals surface area contributed by atoms with Crippen LogP contribution in [-0.4, -0.2) is 31.5 Å². The molecule has 0 saturated heterocycles. The summed E-state index contributed by atoms with van der Waals surface area (Å²) < 4.78 is 13.5. The molecule has 2 aromatic carbocycles. The fourth-order valence-electron chi connectivity index (χ4n) is 3.54. The standard InChI is InChI=1S/C22H20FN7/c1-13-27-19-5-3-16(11-20(19)28-13)29-21-7-9-25-22(30-21)24-8-6-14-12-26-18-4-2-15(23)10-17(14)18/h2-5,7,9-12,26H,6,8H2,1H3,(H,27,28)(H2,24,25,29,30). The van der Waals surface area contributed by atoms with Gasteiger partial charge in [0, 0.05) is 35.5 Å². The Bertz CT molecular complexity index is 1340. The van der Waals surface area contributed by atoms with Gasteiger partial charge in [-0.25, -0.2) is 14.4 Å². The van der Waals surface area contributed by atoms with Crippen molar-refractivity contribution in [3.05, 3.63) is 72.1 Å². The Morgan fingerprint density at radius 3 is 2.90 bits per heavy atom. The highest BCUT2D eigenvalue weighted by atomic mass is 19.1. The van der Waals surface area contributed by atoms with Crippen LogP contribution in [0.25, 0.3) is 21.9 Å². The van der Waals surface area contributed by atoms with E-state index in [1.54, 1.807) is 18.3 Å². The minimum absolute atomic E-state index is 0.234. The van der Waals surface area contributed by atoms with Gasteiger partial charge in [-0.1, -0.05) is 0 Å². The summed E-state index contributed by atoms with van der Waals surface area (Å²) in [5.74, 6) is 1.87. The molecule has 3 aromatic heterocycles. The Morgan fingerprint density at radius 1 is 1.03 bits per heavy atom. The lowest BCUT2D eigenvalue weighted by atomic mass is 10.1. The van der Waals surface area contributed by atoms with Crippen LogP contribution < -0.4 is 10.6 Å². The molecule has 0 amide bonds. The molecular weight excluding hydrogens is 381 g/mol. The maximum absolute atomic E-state index is 13.5. The number of rotatable bonds is 6. The SMILES string of the molecule is Cc1nc2ccc(Nc3ccnc(NCCc4c[nH]c5ccc(F)cc45)n3)cc2[nH]1. The quantitative estimate of drug-likeness (QED) is 0.331. The van der Waals surface area contributed by atoms with Crippen LogP contribution in [0.3, 0.4) is 0 Å². The summed E-state index contributed by atoms with van der Waals surface area (Å²) in [6, 6.07) is 12.5. The molecule has 0 aliphatic heterocycles. The van der Waals surface area contributed by atoms with Gasteiger partial charge in [0.1, 0.15) is 17.5 Å². The van der Waals surface area contributed by atoms with E-state index in [4.69, 9.17) is 0 Å². The first-order chi connectivity index (χ1) is 14.6. The number of imidazole rings is 1. The zero-order valence-electron chi connectivity index (χ0n) is 16.3. The summed E-state index contributed by atoms with van der Waals surface area (Å²) in [6.45, 7) is 2.56. The third kappa shape index (κ3) is 3.67. The molecule has 0 spiro atoms. The van der Waals surface area contributed by atoms with Crippen molar-refractivity contribution in [2.75, 3.05) is 17.2 Å². The van der Waals surface area contributed by atoms with E-state index in [0.717, 1.165) is 45.4 Å². The summed E-state index contributed by atoms with van der Waals surface area (Å²) in [7, 11) is 0. The van der Waals surface area contributed by atoms with Gasteiger partial charge in [0.25, 0.3) is 0 Å². The highest BCUT2D eigenvalue weighted by molar-refractivity contribution is 5.83. The van der Waals surface area contributed by atoms with Gasteiger partial charge in [0.15, 0.2) is 0 Å². The second-order valence-electron chi connectivity index (χ2n) is 7.13. The third-order valence-electron chi connectivity index (χ3n) is 4.94. The molecule has 0 radical (unpaired) electrons. The van der Waals surface area contributed by atoms with Gasteiger partial charge in [-0.2, -0.15) is 4.98 Å². The fraction of sp³-hybridized carbons (Fsp3) is 0.136. The lowest BCUT2D eigenvalue weighted by Crippen LogP contribution is -2.08. The van der Waals surface area contributed by atoms with E-state index in [1.165, 1.54) is 6.07 Å². The molecule has 4 N–H and O–H groups in total. The molecule has 0 unspecified atom stereocenters. The number of aromatic amines is 2. The highest BCUT2D eigenvalue weighted by Gasteiger charge is 2.06. The van der Waals surface area contributed by atoms with E-state index < -0.39 is 0 Å². The number of hydrogen-bond donors (Lipinski definition) is 4. The van der Waals surface area contributed by atoms with E-state index in [2.05, 4.69) is 35.6 Å². The minimum atomic E-state index is -0.234. The molecular formula is C22H20FN7. The predicted octanol–water partition coefficient (Wildman–Crippen LogP) is 4.68. The fourth-order valence-corrected chi connectivity index (χ4v) is 3.54. The average molecular weight is 401 g/mol. The molecule has 30 heavy (non-hydrogen) atoms. The first-order valence-electron chi connectivity index (χ1n) is 9.70. The number of nitrogens with one attached hydrogen (secondary N) is 4. The predicted molar refractivity (Wildman–Crippen MR) is 117 cm³/mol. The van der Waals surface area contributed by atoms with Crippen LogP contribution >= 0.6 is 0 Å². The van der Waals surface area contributed by atoms with Gasteiger partial charge in [-0.15, -0.1) is 0 Å². The molecule has 150 valence electrons. The van der Waals surface area contributed by atoms with Crippen LogP contribution in [0.15, 0.2) is 54.9 Å². The Kier molecular flexibility index (Phi) is 4.51. The van der Waals surface area contributed by atoms with Gasteiger partial charge in [-0.05, 0) is 61.4 Å². The van der Waals surface area contributed by atoms with E-state index in [9.17, 15) is 4.39 Å². The Morgan fingerprint density at radius 2 is 1.97 bits per heavy atom. The number of halogens is 1. The smallest absolute Gasteiger partial charge is 0.224 e. The first-order valence-corrected chi connectivity index (χ1v) is 9.70. The lowest BCUT2D eigenvalue weighted by Gasteiger charge is -2.08. The number of aryl methyl sites for hydroxylation is 1. The number of H-pyrrole nitrogens is 2. The molecule has 0 saturated carbocycles. The molecule has 0 aliphatic rings. The van der Waals surface area contributed by atoms with Crippen molar-refractivity contribution < 1.29 is 4.39 Å².